The first-order valence-electron chi connectivity index (χ1n) is 20.6. The molecule has 3 aliphatic heterocycles. The van der Waals surface area contributed by atoms with Gasteiger partial charge in [-0.25, -0.2) is 14.8 Å². The number of phenolic OH excluding ortho intramolecular Hbond substituents is 1. The highest BCUT2D eigenvalue weighted by Crippen LogP contribution is 2.35. The van der Waals surface area contributed by atoms with E-state index in [0.29, 0.717) is 0 Å². The maximum absolute atomic E-state index is 14.8. The number of carbonyl (C=O) groups excluding carboxylic acids is 4. The van der Waals surface area contributed by atoms with Crippen molar-refractivity contribution in [3.05, 3.63) is 133 Å². The number of piperazine rings is 1. The second-order valence-electron chi connectivity index (χ2n) is 16.1. The molecule has 4 heterocycles. The van der Waals surface area contributed by atoms with E-state index in [1.165, 1.54) is 0 Å². The Balaban J connectivity index is 1.09. The quantitative estimate of drug-likeness (QED) is 0.149. The number of amides is 5. The van der Waals surface area contributed by atoms with Gasteiger partial charge in [-0.2, -0.15) is 0 Å². The Hall–Kier alpha value is -6.44. The number of urea groups is 1. The molecule has 0 saturated carbocycles. The number of aromatic nitrogens is 1. The van der Waals surface area contributed by atoms with Crippen LogP contribution in [0.3, 0.4) is 0 Å². The summed E-state index contributed by atoms with van der Waals surface area (Å²) in [5.41, 5.74) is 6.35. The van der Waals surface area contributed by atoms with Gasteiger partial charge in [0.15, 0.2) is 0 Å². The Morgan fingerprint density at radius 2 is 1.62 bits per heavy atom. The summed E-state index contributed by atoms with van der Waals surface area (Å²) < 4.78 is 2.07. The third kappa shape index (κ3) is 8.36. The van der Waals surface area contributed by atoms with Gasteiger partial charge < -0.3 is 35.0 Å². The number of hydrazine groups is 1. The van der Waals surface area contributed by atoms with E-state index in [-0.39, 0.29) is 74.6 Å². The van der Waals surface area contributed by atoms with Crippen LogP contribution in [0, 0.1) is 5.92 Å². The zero-order valence-electron chi connectivity index (χ0n) is 34.2. The standard InChI is InChI=1S/C47H52N8O5/c1-4-23-53-31-43(57)54-41(26-32-13-19-38(56)20-14-32)46(59)52(30-42(54)55(53)47(60)48-27-33-9-6-5-7-10-33)28-36-11-8-12-39-40(29-51(3)44(36)39)34-15-17-37(18-16-34)49-45(58)35-21-24-50(2)25-22-35/h4-20,29,35,41-42,56H,1,21-28,30-31H2,2-3H3,(H,48,60)(H,49,58)/t41-,42?/m0/s1. The molecule has 2 atom stereocenters. The van der Waals surface area contributed by atoms with Gasteiger partial charge in [0.25, 0.3) is 0 Å². The van der Waals surface area contributed by atoms with E-state index in [0.717, 1.165) is 70.3 Å². The molecule has 5 aromatic rings. The molecule has 5 amide bonds. The van der Waals surface area contributed by atoms with Gasteiger partial charge in [0, 0.05) is 61.9 Å². The van der Waals surface area contributed by atoms with Crippen LogP contribution in [0.4, 0.5) is 10.5 Å². The number of anilines is 1. The molecule has 1 unspecified atom stereocenters. The third-order valence-electron chi connectivity index (χ3n) is 12.0. The highest BCUT2D eigenvalue weighted by Gasteiger charge is 2.51. The van der Waals surface area contributed by atoms with Gasteiger partial charge in [-0.3, -0.25) is 14.4 Å². The number of carbonyl (C=O) groups is 4. The Morgan fingerprint density at radius 3 is 2.33 bits per heavy atom. The van der Waals surface area contributed by atoms with Crippen LogP contribution in [-0.4, -0.2) is 110 Å². The highest BCUT2D eigenvalue weighted by atomic mass is 16.3. The molecule has 3 aliphatic rings. The van der Waals surface area contributed by atoms with E-state index in [1.807, 2.05) is 73.8 Å². The summed E-state index contributed by atoms with van der Waals surface area (Å²) in [5, 5.41) is 20.5. The third-order valence-corrected chi connectivity index (χ3v) is 12.0. The minimum absolute atomic E-state index is 0.0138. The zero-order chi connectivity index (χ0) is 41.9. The topological polar surface area (TPSA) is 134 Å². The number of nitrogens with one attached hydrogen (secondary N) is 2. The number of likely N-dealkylation sites (tertiary alicyclic amines) is 1. The molecule has 3 fully saturated rings. The summed E-state index contributed by atoms with van der Waals surface area (Å²) in [6.45, 7) is 6.50. The van der Waals surface area contributed by atoms with Crippen molar-refractivity contribution in [1.29, 1.82) is 0 Å². The first-order valence-corrected chi connectivity index (χ1v) is 20.6. The van der Waals surface area contributed by atoms with E-state index in [4.69, 9.17) is 0 Å². The number of phenols is 1. The van der Waals surface area contributed by atoms with Crippen LogP contribution in [-0.2, 0) is 40.9 Å². The largest absolute Gasteiger partial charge is 0.508 e. The van der Waals surface area contributed by atoms with Crippen molar-refractivity contribution >= 4 is 40.3 Å². The molecule has 3 saturated heterocycles. The minimum atomic E-state index is -0.905. The number of fused-ring (bicyclic) bond motifs is 2. The predicted molar refractivity (Wildman–Crippen MR) is 231 cm³/mol. The SMILES string of the molecule is C=CCN1CC(=O)N2C(CN(Cc3cccc4c(-c5ccc(NC(=O)C6CCN(C)CC6)cc5)cn(C)c34)C(=O)[C@@H]2Cc2ccc(O)cc2)N1C(=O)NCc1ccccc1. The van der Waals surface area contributed by atoms with E-state index >= 15 is 0 Å². The Morgan fingerprint density at radius 1 is 0.883 bits per heavy atom. The maximum atomic E-state index is 14.8. The van der Waals surface area contributed by atoms with Crippen LogP contribution < -0.4 is 10.6 Å². The predicted octanol–water partition coefficient (Wildman–Crippen LogP) is 5.57. The fourth-order valence-corrected chi connectivity index (χ4v) is 8.92. The molecule has 13 nitrogen and oxygen atoms in total. The van der Waals surface area contributed by atoms with Gasteiger partial charge in [0.1, 0.15) is 18.0 Å². The molecule has 3 N–H and O–H groups in total. The molecule has 310 valence electrons. The van der Waals surface area contributed by atoms with Crippen molar-refractivity contribution < 1.29 is 24.3 Å². The van der Waals surface area contributed by atoms with Crippen LogP contribution in [0.2, 0.25) is 0 Å². The van der Waals surface area contributed by atoms with Crippen molar-refractivity contribution in [2.75, 3.05) is 45.1 Å². The Kier molecular flexibility index (Phi) is 11.7. The molecule has 1 aromatic heterocycles. The summed E-state index contributed by atoms with van der Waals surface area (Å²) in [6.07, 6.45) is 4.85. The fourth-order valence-electron chi connectivity index (χ4n) is 8.92. The van der Waals surface area contributed by atoms with Crippen LogP contribution >= 0.6 is 0 Å². The number of aryl methyl sites for hydroxylation is 1. The molecule has 0 bridgehead atoms. The number of para-hydroxylation sites is 1. The fraction of sp³-hybridized carbons (Fsp3) is 0.319. The van der Waals surface area contributed by atoms with E-state index < -0.39 is 12.2 Å². The summed E-state index contributed by atoms with van der Waals surface area (Å²) in [5.74, 6) is -0.302. The van der Waals surface area contributed by atoms with Gasteiger partial charge in [0.2, 0.25) is 17.7 Å². The van der Waals surface area contributed by atoms with Crippen molar-refractivity contribution in [3.63, 3.8) is 0 Å². The highest BCUT2D eigenvalue weighted by molar-refractivity contribution is 5.99. The lowest BCUT2D eigenvalue weighted by Crippen LogP contribution is -2.76. The molecule has 8 rings (SSSR count). The van der Waals surface area contributed by atoms with Crippen LogP contribution in [0.5, 0.6) is 5.75 Å². The lowest BCUT2D eigenvalue weighted by atomic mass is 9.96. The average Bonchev–Trinajstić information content (AvgIpc) is 3.59. The smallest absolute Gasteiger partial charge is 0.334 e. The number of nitrogens with zero attached hydrogens (tertiary/aromatic N) is 6. The minimum Gasteiger partial charge on any atom is -0.508 e. The van der Waals surface area contributed by atoms with Gasteiger partial charge >= 0.3 is 6.03 Å². The van der Waals surface area contributed by atoms with Crippen LogP contribution in [0.1, 0.15) is 29.5 Å². The van der Waals surface area contributed by atoms with Crippen molar-refractivity contribution in [3.8, 4) is 16.9 Å². The monoisotopic (exact) mass is 808 g/mol. The molecule has 13 heteroatoms. The molecule has 0 spiro atoms. The number of benzene rings is 4. The zero-order valence-corrected chi connectivity index (χ0v) is 34.2. The summed E-state index contributed by atoms with van der Waals surface area (Å²) in [7, 11) is 4.08. The summed E-state index contributed by atoms with van der Waals surface area (Å²) in [4.78, 5) is 61.7. The second-order valence-corrected chi connectivity index (χ2v) is 16.1. The van der Waals surface area contributed by atoms with Crippen LogP contribution in [0.25, 0.3) is 22.0 Å². The number of hydrogen-bond donors (Lipinski definition) is 3. The van der Waals surface area contributed by atoms with E-state index in [9.17, 15) is 24.3 Å². The molecular weight excluding hydrogens is 757 g/mol. The molecular formula is C47H52N8O5. The molecule has 4 aromatic carbocycles. The number of aromatic hydroxyl groups is 1. The van der Waals surface area contributed by atoms with Crippen LogP contribution in [0.15, 0.2) is 116 Å². The lowest BCUT2D eigenvalue weighted by molar-refractivity contribution is -0.189. The van der Waals surface area contributed by atoms with Gasteiger partial charge in [-0.1, -0.05) is 78.9 Å². The van der Waals surface area contributed by atoms with E-state index in [2.05, 4.69) is 46.0 Å². The van der Waals surface area contributed by atoms with Crippen molar-refractivity contribution in [2.24, 2.45) is 13.0 Å². The first-order chi connectivity index (χ1) is 29.1. The number of hydrogen-bond acceptors (Lipinski definition) is 7. The summed E-state index contributed by atoms with van der Waals surface area (Å²) >= 11 is 0. The first kappa shape index (κ1) is 40.3. The normalized spacial score (nSPS) is 19.1. The Bertz CT molecular complexity index is 2370. The van der Waals surface area contributed by atoms with Crippen molar-refractivity contribution in [2.45, 2.75) is 44.6 Å². The number of piperidine rings is 1. The van der Waals surface area contributed by atoms with Gasteiger partial charge in [-0.15, -0.1) is 6.58 Å². The summed E-state index contributed by atoms with van der Waals surface area (Å²) in [6, 6.07) is 29.0. The maximum Gasteiger partial charge on any atom is 0.334 e. The van der Waals surface area contributed by atoms with Gasteiger partial charge in [-0.05, 0) is 79.5 Å². The molecule has 0 radical (unpaired) electrons. The Labute approximate surface area is 350 Å². The van der Waals surface area contributed by atoms with E-state index in [1.54, 1.807) is 50.2 Å². The van der Waals surface area contributed by atoms with Crippen molar-refractivity contribution in [1.82, 2.24) is 34.6 Å². The van der Waals surface area contributed by atoms with Gasteiger partial charge in [0.05, 0.1) is 18.6 Å². The lowest BCUT2D eigenvalue weighted by Gasteiger charge is -2.55. The second kappa shape index (κ2) is 17.4. The number of rotatable bonds is 11. The molecule has 0 aliphatic carbocycles. The average molecular weight is 809 g/mol. The molecule has 60 heavy (non-hydrogen) atoms.